The first kappa shape index (κ1) is 22.1. The molecule has 0 radical (unpaired) electrons. The Kier molecular flexibility index (Phi) is 7.52. The second kappa shape index (κ2) is 9.86. The average molecular weight is 401 g/mol. The molecule has 0 fully saturated rings. The van der Waals surface area contributed by atoms with Crippen molar-refractivity contribution in [2.75, 3.05) is 6.61 Å². The highest BCUT2D eigenvalue weighted by Crippen LogP contribution is 2.24. The topological polar surface area (TPSA) is 110 Å². The summed E-state index contributed by atoms with van der Waals surface area (Å²) in [5.41, 5.74) is 0.918. The average Bonchev–Trinajstić information content (AvgIpc) is 2.66. The van der Waals surface area contributed by atoms with E-state index in [-0.39, 0.29) is 12.0 Å². The Morgan fingerprint density at radius 1 is 1.03 bits per heavy atom. The number of hydrogen-bond donors (Lipinski definition) is 2. The van der Waals surface area contributed by atoms with Crippen LogP contribution in [0.2, 0.25) is 0 Å². The first-order chi connectivity index (χ1) is 13.7. The van der Waals surface area contributed by atoms with E-state index in [1.807, 2.05) is 43.1 Å². The first-order valence-corrected chi connectivity index (χ1v) is 9.52. The predicted molar refractivity (Wildman–Crippen MR) is 109 cm³/mol. The quantitative estimate of drug-likeness (QED) is 0.655. The second-order valence-electron chi connectivity index (χ2n) is 7.51. The minimum atomic E-state index is -0.753. The number of ether oxygens (including phenoxy) is 1. The lowest BCUT2D eigenvalue weighted by molar-refractivity contribution is -0.149. The zero-order chi connectivity index (χ0) is 21.6. The van der Waals surface area contributed by atoms with Gasteiger partial charge >= 0.3 is 11.7 Å². The predicted octanol–water partition coefficient (Wildman–Crippen LogP) is 1.72. The van der Waals surface area contributed by atoms with Gasteiger partial charge in [0.05, 0.1) is 6.04 Å². The largest absolute Gasteiger partial charge is 0.454 e. The molecule has 0 bridgehead atoms. The number of aromatic amines is 1. The maximum Gasteiger partial charge on any atom is 0.328 e. The van der Waals surface area contributed by atoms with Crippen molar-refractivity contribution < 1.29 is 14.3 Å². The lowest BCUT2D eigenvalue weighted by Gasteiger charge is -2.23. The fourth-order valence-corrected chi connectivity index (χ4v) is 2.84. The molecule has 0 aliphatic heterocycles. The van der Waals surface area contributed by atoms with Crippen molar-refractivity contribution in [2.24, 2.45) is 5.92 Å². The molecular formula is C21H27N3O5. The van der Waals surface area contributed by atoms with Gasteiger partial charge < -0.3 is 10.1 Å². The van der Waals surface area contributed by atoms with Crippen LogP contribution in [0.3, 0.4) is 0 Å². The molecule has 29 heavy (non-hydrogen) atoms. The molecule has 2 N–H and O–H groups in total. The molecule has 2 aromatic rings. The molecule has 156 valence electrons. The van der Waals surface area contributed by atoms with Crippen LogP contribution in [-0.4, -0.2) is 28.0 Å². The van der Waals surface area contributed by atoms with Gasteiger partial charge in [-0.05, 0) is 23.0 Å². The summed E-state index contributed by atoms with van der Waals surface area (Å²) in [5, 5.41) is 2.89. The SMILES string of the molecule is CC(C)c1ccc([C@H](NC(=O)COC(=O)Cn2ccc(=O)[nH]c2=O)C(C)C)cc1. The van der Waals surface area contributed by atoms with E-state index in [0.717, 1.165) is 16.2 Å². The number of amides is 1. The van der Waals surface area contributed by atoms with Crippen molar-refractivity contribution in [3.05, 3.63) is 68.5 Å². The molecule has 1 heterocycles. The Bertz CT molecular complexity index is 957. The summed E-state index contributed by atoms with van der Waals surface area (Å²) < 4.78 is 5.95. The van der Waals surface area contributed by atoms with Crippen LogP contribution >= 0.6 is 0 Å². The summed E-state index contributed by atoms with van der Waals surface area (Å²) in [4.78, 5) is 48.8. The smallest absolute Gasteiger partial charge is 0.328 e. The lowest BCUT2D eigenvalue weighted by atomic mass is 9.93. The van der Waals surface area contributed by atoms with Crippen LogP contribution in [0.15, 0.2) is 46.1 Å². The van der Waals surface area contributed by atoms with Gasteiger partial charge in [0.2, 0.25) is 0 Å². The van der Waals surface area contributed by atoms with Crippen LogP contribution in [-0.2, 0) is 20.9 Å². The minimum absolute atomic E-state index is 0.138. The Hall–Kier alpha value is -3.16. The van der Waals surface area contributed by atoms with Crippen molar-refractivity contribution in [1.82, 2.24) is 14.9 Å². The van der Waals surface area contributed by atoms with Gasteiger partial charge in [0, 0.05) is 12.3 Å². The molecule has 2 rings (SSSR count). The summed E-state index contributed by atoms with van der Waals surface area (Å²) in [6.45, 7) is 7.38. The zero-order valence-corrected chi connectivity index (χ0v) is 17.1. The van der Waals surface area contributed by atoms with Crippen LogP contribution in [0.25, 0.3) is 0 Å². The van der Waals surface area contributed by atoms with Crippen molar-refractivity contribution in [2.45, 2.75) is 46.2 Å². The summed E-state index contributed by atoms with van der Waals surface area (Å²) in [6.07, 6.45) is 1.19. The number of H-pyrrole nitrogens is 1. The van der Waals surface area contributed by atoms with Crippen LogP contribution in [0.1, 0.15) is 50.8 Å². The standard InChI is InChI=1S/C21H27N3O5/c1-13(2)15-5-7-16(8-6-15)20(14(3)4)22-18(26)12-29-19(27)11-24-10-9-17(25)23-21(24)28/h5-10,13-14,20H,11-12H2,1-4H3,(H,22,26)(H,23,25,28)/t20-/m1/s1. The number of carbonyl (C=O) groups excluding carboxylic acids is 2. The third-order valence-corrected chi connectivity index (χ3v) is 4.51. The maximum atomic E-state index is 12.3. The van der Waals surface area contributed by atoms with Gasteiger partial charge in [-0.15, -0.1) is 0 Å². The van der Waals surface area contributed by atoms with Gasteiger partial charge in [-0.2, -0.15) is 0 Å². The highest BCUT2D eigenvalue weighted by molar-refractivity contribution is 5.80. The number of aromatic nitrogens is 2. The molecule has 0 aliphatic carbocycles. The second-order valence-corrected chi connectivity index (χ2v) is 7.51. The van der Waals surface area contributed by atoms with Gasteiger partial charge in [0.1, 0.15) is 6.54 Å². The number of nitrogens with zero attached hydrogens (tertiary/aromatic N) is 1. The molecule has 0 saturated heterocycles. The molecule has 8 nitrogen and oxygen atoms in total. The van der Waals surface area contributed by atoms with E-state index in [1.165, 1.54) is 11.8 Å². The first-order valence-electron chi connectivity index (χ1n) is 9.52. The summed E-state index contributed by atoms with van der Waals surface area (Å²) in [7, 11) is 0. The molecule has 8 heteroatoms. The molecular weight excluding hydrogens is 374 g/mol. The third kappa shape index (κ3) is 6.44. The van der Waals surface area contributed by atoms with Crippen molar-refractivity contribution >= 4 is 11.9 Å². The van der Waals surface area contributed by atoms with E-state index < -0.39 is 36.3 Å². The summed E-state index contributed by atoms with van der Waals surface area (Å²) in [5.74, 6) is -0.625. The molecule has 0 spiro atoms. The third-order valence-electron chi connectivity index (χ3n) is 4.51. The minimum Gasteiger partial charge on any atom is -0.454 e. The normalized spacial score (nSPS) is 12.1. The highest BCUT2D eigenvalue weighted by Gasteiger charge is 2.19. The summed E-state index contributed by atoms with van der Waals surface area (Å²) >= 11 is 0. The fraction of sp³-hybridized carbons (Fsp3) is 0.429. The van der Waals surface area contributed by atoms with Gasteiger partial charge in [-0.1, -0.05) is 52.0 Å². The monoisotopic (exact) mass is 401 g/mol. The van der Waals surface area contributed by atoms with Gasteiger partial charge in [-0.3, -0.25) is 23.9 Å². The summed E-state index contributed by atoms with van der Waals surface area (Å²) in [6, 6.07) is 8.99. The number of rotatable bonds is 8. The number of nitrogens with one attached hydrogen (secondary N) is 2. The Morgan fingerprint density at radius 2 is 1.66 bits per heavy atom. The molecule has 1 aromatic heterocycles. The Morgan fingerprint density at radius 3 is 2.21 bits per heavy atom. The molecule has 1 amide bonds. The molecule has 0 saturated carbocycles. The van der Waals surface area contributed by atoms with E-state index in [2.05, 4.69) is 19.2 Å². The molecule has 1 atom stereocenters. The Labute approximate surface area is 168 Å². The lowest BCUT2D eigenvalue weighted by Crippen LogP contribution is -2.36. The van der Waals surface area contributed by atoms with Crippen LogP contribution in [0, 0.1) is 5.92 Å². The van der Waals surface area contributed by atoms with Crippen molar-refractivity contribution in [3.8, 4) is 0 Å². The highest BCUT2D eigenvalue weighted by atomic mass is 16.5. The van der Waals surface area contributed by atoms with E-state index in [1.54, 1.807) is 0 Å². The van der Waals surface area contributed by atoms with Crippen molar-refractivity contribution in [1.29, 1.82) is 0 Å². The van der Waals surface area contributed by atoms with Gasteiger partial charge in [-0.25, -0.2) is 4.79 Å². The van der Waals surface area contributed by atoms with Gasteiger partial charge in [0.15, 0.2) is 6.61 Å². The van der Waals surface area contributed by atoms with Crippen molar-refractivity contribution in [3.63, 3.8) is 0 Å². The molecule has 0 unspecified atom stereocenters. The van der Waals surface area contributed by atoms with Crippen LogP contribution in [0.5, 0.6) is 0 Å². The van der Waals surface area contributed by atoms with E-state index in [4.69, 9.17) is 4.74 Å². The fourth-order valence-electron chi connectivity index (χ4n) is 2.84. The van der Waals surface area contributed by atoms with Gasteiger partial charge in [0.25, 0.3) is 11.5 Å². The number of benzene rings is 1. The van der Waals surface area contributed by atoms with E-state index in [0.29, 0.717) is 5.92 Å². The Balaban J connectivity index is 1.93. The number of carbonyl (C=O) groups is 2. The molecule has 0 aliphatic rings. The number of hydrogen-bond acceptors (Lipinski definition) is 5. The van der Waals surface area contributed by atoms with E-state index in [9.17, 15) is 19.2 Å². The number of esters is 1. The van der Waals surface area contributed by atoms with Crippen LogP contribution < -0.4 is 16.6 Å². The zero-order valence-electron chi connectivity index (χ0n) is 17.1. The van der Waals surface area contributed by atoms with Crippen LogP contribution in [0.4, 0.5) is 0 Å². The molecule has 1 aromatic carbocycles. The van der Waals surface area contributed by atoms with E-state index >= 15 is 0 Å². The maximum absolute atomic E-state index is 12.3.